The summed E-state index contributed by atoms with van der Waals surface area (Å²) in [7, 11) is 0. The van der Waals surface area contributed by atoms with Crippen molar-refractivity contribution in [3.8, 4) is 48.9 Å². The van der Waals surface area contributed by atoms with Crippen LogP contribution >= 0.6 is 0 Å². The molecule has 0 rings (SSSR count). The van der Waals surface area contributed by atoms with E-state index in [0.717, 1.165) is 11.8 Å². The van der Waals surface area contributed by atoms with E-state index in [-0.39, 0.29) is 40.5 Å². The van der Waals surface area contributed by atoms with Crippen molar-refractivity contribution in [2.45, 2.75) is 176 Å². The molecule has 0 aromatic rings. The van der Waals surface area contributed by atoms with Crippen LogP contribution in [-0.2, 0) is 0 Å². The molecule has 2 atom stereocenters. The molecule has 2 unspecified atom stereocenters. The average molecular weight is 595 g/mol. The fourth-order valence-electron chi connectivity index (χ4n) is 3.44. The van der Waals surface area contributed by atoms with Gasteiger partial charge in [0.1, 0.15) is 16.8 Å². The zero-order chi connectivity index (χ0) is 31.6. The van der Waals surface area contributed by atoms with Gasteiger partial charge in [0.2, 0.25) is 0 Å². The molecule has 0 spiro atoms. The first-order valence-electron chi connectivity index (χ1n) is 13.8. The molecule has 0 aliphatic carbocycles. The smallest absolute Gasteiger partial charge is 0.122 e. The molecule has 0 saturated carbocycles. The summed E-state index contributed by atoms with van der Waals surface area (Å²) in [6.45, 7) is 30.4. The Morgan fingerprint density at radius 3 is 0.833 bits per heavy atom. The monoisotopic (exact) mass is 595 g/mol. The van der Waals surface area contributed by atoms with Gasteiger partial charge in [0.25, 0.3) is 0 Å². The van der Waals surface area contributed by atoms with Gasteiger partial charge in [-0.2, -0.15) is 0 Å². The van der Waals surface area contributed by atoms with Crippen molar-refractivity contribution in [2.75, 3.05) is 0 Å². The van der Waals surface area contributed by atoms with Gasteiger partial charge in [-0.1, -0.05) is 108 Å². The Labute approximate surface area is 268 Å². The van der Waals surface area contributed by atoms with Crippen LogP contribution in [0.1, 0.15) is 159 Å². The second-order valence-corrected chi connectivity index (χ2v) is 13.7. The van der Waals surface area contributed by atoms with Crippen molar-refractivity contribution in [1.82, 2.24) is 0 Å². The topological polar surface area (TPSA) is 60.7 Å². The van der Waals surface area contributed by atoms with E-state index in [1.165, 1.54) is 12.8 Å². The van der Waals surface area contributed by atoms with Crippen molar-refractivity contribution in [3.05, 3.63) is 0 Å². The number of hydrogen-bond donors (Lipinski definition) is 3. The number of aliphatic hydroxyl groups is 3. The maximum atomic E-state index is 9.26. The maximum Gasteiger partial charge on any atom is 0.122 e. The molecule has 3 N–H and O–H groups in total. The van der Waals surface area contributed by atoms with Crippen LogP contribution in [0.3, 0.4) is 0 Å². The summed E-state index contributed by atoms with van der Waals surface area (Å²) in [5, 5.41) is 26.7. The van der Waals surface area contributed by atoms with Gasteiger partial charge in [-0.25, -0.2) is 0 Å². The van der Waals surface area contributed by atoms with Crippen molar-refractivity contribution >= 4 is 0 Å². The number of rotatable bonds is 7. The minimum absolute atomic E-state index is 0. The summed E-state index contributed by atoms with van der Waals surface area (Å²) >= 11 is 0. The zero-order valence-corrected chi connectivity index (χ0v) is 27.6. The molecule has 0 aliphatic rings. The third-order valence-corrected chi connectivity index (χ3v) is 5.05. The summed E-state index contributed by atoms with van der Waals surface area (Å²) < 4.78 is 0. The highest BCUT2D eigenvalue weighted by Crippen LogP contribution is 2.28. The Bertz CT molecular complexity index is 773. The van der Waals surface area contributed by atoms with Gasteiger partial charge >= 0.3 is 0 Å². The SMILES string of the molecule is C.C.C.C.C#CC(C)(C)O.C#CC(C)(O)CC.C#CC(C)(O)CC(C)C.CC(C)CC(C)(C)C#CC(C)(C)CC(C)C. The molecule has 0 aromatic carbocycles. The van der Waals surface area contributed by atoms with Gasteiger partial charge in [0, 0.05) is 10.8 Å². The Morgan fingerprint density at radius 1 is 0.500 bits per heavy atom. The number of terminal acetylenes is 3. The molecule has 0 radical (unpaired) electrons. The lowest BCUT2D eigenvalue weighted by Gasteiger charge is -2.23. The molecule has 3 heteroatoms. The van der Waals surface area contributed by atoms with E-state index in [1.807, 2.05) is 20.8 Å². The lowest BCUT2D eigenvalue weighted by atomic mass is 9.80. The highest BCUT2D eigenvalue weighted by atomic mass is 16.3. The summed E-state index contributed by atoms with van der Waals surface area (Å²) in [6.07, 6.45) is 18.4. The van der Waals surface area contributed by atoms with E-state index in [2.05, 4.69) is 85.0 Å². The second-order valence-electron chi connectivity index (χ2n) is 13.7. The number of hydrogen-bond acceptors (Lipinski definition) is 3. The minimum atomic E-state index is -0.931. The van der Waals surface area contributed by atoms with Crippen LogP contribution < -0.4 is 0 Å². The van der Waals surface area contributed by atoms with E-state index >= 15 is 0 Å². The molecule has 42 heavy (non-hydrogen) atoms. The summed E-state index contributed by atoms with van der Waals surface area (Å²) in [5.41, 5.74) is -2.42. The summed E-state index contributed by atoms with van der Waals surface area (Å²) in [6, 6.07) is 0. The van der Waals surface area contributed by atoms with Crippen LogP contribution in [-0.4, -0.2) is 32.1 Å². The van der Waals surface area contributed by atoms with Crippen LogP contribution in [0.15, 0.2) is 0 Å². The molecule has 0 fully saturated rings. The largest absolute Gasteiger partial charge is 0.378 e. The van der Waals surface area contributed by atoms with E-state index in [0.29, 0.717) is 18.8 Å². The highest BCUT2D eigenvalue weighted by molar-refractivity contribution is 5.15. The molecule has 0 bridgehead atoms. The molecule has 0 heterocycles. The fourth-order valence-corrected chi connectivity index (χ4v) is 3.44. The molecule has 0 aliphatic heterocycles. The van der Waals surface area contributed by atoms with Crippen LogP contribution in [0, 0.1) is 77.5 Å². The predicted octanol–water partition coefficient (Wildman–Crippen LogP) is 10.3. The van der Waals surface area contributed by atoms with E-state index in [9.17, 15) is 5.11 Å². The van der Waals surface area contributed by atoms with Crippen LogP contribution in [0.4, 0.5) is 0 Å². The predicted molar refractivity (Wildman–Crippen MR) is 195 cm³/mol. The van der Waals surface area contributed by atoms with Crippen molar-refractivity contribution in [2.24, 2.45) is 28.6 Å². The zero-order valence-electron chi connectivity index (χ0n) is 27.6. The lowest BCUT2D eigenvalue weighted by molar-refractivity contribution is 0.0977. The van der Waals surface area contributed by atoms with Crippen molar-refractivity contribution in [3.63, 3.8) is 0 Å². The van der Waals surface area contributed by atoms with Crippen molar-refractivity contribution in [1.29, 1.82) is 0 Å². The molecule has 0 saturated heterocycles. The Balaban J connectivity index is -0.0000000640. The van der Waals surface area contributed by atoms with Gasteiger partial charge in [-0.05, 0) is 98.8 Å². The normalized spacial score (nSPS) is 12.9. The second kappa shape index (κ2) is 26.7. The first kappa shape index (κ1) is 59.5. The Kier molecular flexibility index (Phi) is 37.9. The summed E-state index contributed by atoms with van der Waals surface area (Å²) in [5.74, 6) is 15.6. The standard InChI is InChI=1S/C16H30.C8H14O.C6H10O.C5H8O.4CH4/c1-13(2)11-15(5,6)9-10-16(7,8)12-14(3)4;1-5-8(4,9)6-7(2)3;1-4-6(3,7)5-2;1-4-5(2,3)6;;;;/h13-14H,11-12H2,1-8H3;1,7,9H,6H2,2-4H3;1,7H,5H2,2-3H3;1,6H,2-3H3;4*1H4. The molecule has 3 nitrogen and oxygen atoms in total. The van der Waals surface area contributed by atoms with Crippen LogP contribution in [0.2, 0.25) is 0 Å². The molecule has 252 valence electrons. The third kappa shape index (κ3) is 50.9. The quantitative estimate of drug-likeness (QED) is 0.257. The maximum absolute atomic E-state index is 9.26. The van der Waals surface area contributed by atoms with Gasteiger partial charge < -0.3 is 15.3 Å². The van der Waals surface area contributed by atoms with Crippen LogP contribution in [0.25, 0.3) is 0 Å². The lowest BCUT2D eigenvalue weighted by Crippen LogP contribution is -2.23. The Morgan fingerprint density at radius 2 is 0.738 bits per heavy atom. The highest BCUT2D eigenvalue weighted by Gasteiger charge is 2.20. The average Bonchev–Trinajstić information content (AvgIpc) is 2.71. The third-order valence-electron chi connectivity index (χ3n) is 5.05. The van der Waals surface area contributed by atoms with Gasteiger partial charge in [0.15, 0.2) is 0 Å². The fraction of sp³-hybridized carbons (Fsp3) is 0.795. The van der Waals surface area contributed by atoms with Gasteiger partial charge in [-0.15, -0.1) is 19.3 Å². The van der Waals surface area contributed by atoms with E-state index in [4.69, 9.17) is 29.5 Å². The summed E-state index contributed by atoms with van der Waals surface area (Å²) in [4.78, 5) is 0. The molecule has 0 amide bonds. The first-order valence-corrected chi connectivity index (χ1v) is 13.8. The van der Waals surface area contributed by atoms with E-state index < -0.39 is 16.8 Å². The van der Waals surface area contributed by atoms with Gasteiger partial charge in [0.05, 0.1) is 0 Å². The van der Waals surface area contributed by atoms with Crippen molar-refractivity contribution < 1.29 is 15.3 Å². The van der Waals surface area contributed by atoms with E-state index in [1.54, 1.807) is 27.7 Å². The molecular formula is C39H78O3. The first-order chi connectivity index (χ1) is 16.7. The molecular weight excluding hydrogens is 516 g/mol. The van der Waals surface area contributed by atoms with Gasteiger partial charge in [-0.3, -0.25) is 0 Å². The molecule has 0 aromatic heterocycles. The van der Waals surface area contributed by atoms with Crippen LogP contribution in [0.5, 0.6) is 0 Å². The Hall–Kier alpha value is -1.88. The minimum Gasteiger partial charge on any atom is -0.378 e.